The summed E-state index contributed by atoms with van der Waals surface area (Å²) < 4.78 is 4.53. The normalized spacial score (nSPS) is 10.8. The Bertz CT molecular complexity index is 313. The molecule has 0 saturated heterocycles. The highest BCUT2D eigenvalue weighted by Crippen LogP contribution is 2.14. The van der Waals surface area contributed by atoms with Crippen molar-refractivity contribution in [2.45, 2.75) is 39.2 Å². The molecular formula is C11H20N2O5. The van der Waals surface area contributed by atoms with Gasteiger partial charge < -0.3 is 9.84 Å². The van der Waals surface area contributed by atoms with Gasteiger partial charge in [0.15, 0.2) is 0 Å². The summed E-state index contributed by atoms with van der Waals surface area (Å²) >= 11 is 0. The molecule has 7 heteroatoms. The molecule has 3 N–H and O–H groups in total. The maximum absolute atomic E-state index is 11.4. The molecule has 0 radical (unpaired) electrons. The van der Waals surface area contributed by atoms with Crippen LogP contribution in [-0.4, -0.2) is 41.8 Å². The zero-order chi connectivity index (χ0) is 14.2. The van der Waals surface area contributed by atoms with Crippen molar-refractivity contribution in [3.8, 4) is 0 Å². The van der Waals surface area contributed by atoms with E-state index in [0.29, 0.717) is 12.8 Å². The number of aliphatic carboxylic acids is 1. The van der Waals surface area contributed by atoms with Crippen molar-refractivity contribution in [3.63, 3.8) is 0 Å². The molecule has 0 atom stereocenters. The van der Waals surface area contributed by atoms with E-state index in [4.69, 9.17) is 5.11 Å². The second-order valence-corrected chi connectivity index (χ2v) is 3.72. The number of carboxylic acid groups (broad SMARTS) is 1. The number of carboxylic acids is 1. The third-order valence-electron chi connectivity index (χ3n) is 2.72. The number of carbonyl (C=O) groups is 3. The summed E-state index contributed by atoms with van der Waals surface area (Å²) in [5.41, 5.74) is -1.15. The molecule has 0 spiro atoms. The lowest BCUT2D eigenvalue weighted by Crippen LogP contribution is -2.54. The predicted molar refractivity (Wildman–Crippen MR) is 64.1 cm³/mol. The number of ether oxygens (including phenoxy) is 1. The van der Waals surface area contributed by atoms with Crippen LogP contribution in [0.1, 0.15) is 33.6 Å². The summed E-state index contributed by atoms with van der Waals surface area (Å²) in [5.74, 6) is -1.64. The summed E-state index contributed by atoms with van der Waals surface area (Å²) in [7, 11) is 0. The predicted octanol–water partition coefficient (Wildman–Crippen LogP) is 0.492. The van der Waals surface area contributed by atoms with Crippen molar-refractivity contribution in [1.29, 1.82) is 0 Å². The van der Waals surface area contributed by atoms with Crippen molar-refractivity contribution in [3.05, 3.63) is 0 Å². The van der Waals surface area contributed by atoms with Crippen molar-refractivity contribution >= 4 is 18.0 Å². The number of alkyl carbamates (subject to hydrolysis) is 1. The van der Waals surface area contributed by atoms with E-state index in [1.165, 1.54) is 0 Å². The fourth-order valence-corrected chi connectivity index (χ4v) is 1.45. The monoisotopic (exact) mass is 260 g/mol. The van der Waals surface area contributed by atoms with Gasteiger partial charge in [0.25, 0.3) is 0 Å². The van der Waals surface area contributed by atoms with Gasteiger partial charge in [-0.25, -0.2) is 4.79 Å². The molecule has 0 aromatic carbocycles. The molecule has 0 heterocycles. The molecule has 104 valence electrons. The van der Waals surface area contributed by atoms with Crippen LogP contribution in [0.3, 0.4) is 0 Å². The fourth-order valence-electron chi connectivity index (χ4n) is 1.45. The lowest BCUT2D eigenvalue weighted by molar-refractivity contribution is -0.145. The Morgan fingerprint density at radius 2 is 1.72 bits per heavy atom. The van der Waals surface area contributed by atoms with Crippen molar-refractivity contribution in [2.24, 2.45) is 0 Å². The molecule has 0 rings (SSSR count). The van der Waals surface area contributed by atoms with Crippen LogP contribution >= 0.6 is 0 Å². The average Bonchev–Trinajstić information content (AvgIpc) is 2.30. The Morgan fingerprint density at radius 3 is 2.11 bits per heavy atom. The minimum atomic E-state index is -1.15. The van der Waals surface area contributed by atoms with Crippen LogP contribution in [0.25, 0.3) is 0 Å². The van der Waals surface area contributed by atoms with Gasteiger partial charge in [-0.05, 0) is 19.8 Å². The van der Waals surface area contributed by atoms with Crippen LogP contribution in [0.5, 0.6) is 0 Å². The zero-order valence-electron chi connectivity index (χ0n) is 10.9. The quantitative estimate of drug-likeness (QED) is 0.615. The van der Waals surface area contributed by atoms with Gasteiger partial charge in [-0.3, -0.25) is 20.2 Å². The molecule has 7 nitrogen and oxygen atoms in total. The van der Waals surface area contributed by atoms with E-state index in [9.17, 15) is 14.4 Å². The first-order valence-electron chi connectivity index (χ1n) is 5.86. The van der Waals surface area contributed by atoms with E-state index >= 15 is 0 Å². The summed E-state index contributed by atoms with van der Waals surface area (Å²) in [6.07, 6.45) is -0.157. The second-order valence-electron chi connectivity index (χ2n) is 3.72. The van der Waals surface area contributed by atoms with Crippen LogP contribution < -0.4 is 10.6 Å². The number of nitrogens with one attached hydrogen (secondary N) is 2. The number of rotatable bonds is 7. The average molecular weight is 260 g/mol. The molecule has 0 saturated carbocycles. The number of carbonyl (C=O) groups excluding carboxylic acids is 2. The van der Waals surface area contributed by atoms with Crippen LogP contribution in [-0.2, 0) is 14.3 Å². The number of hydrogen-bond donors (Lipinski definition) is 3. The Hall–Kier alpha value is -1.63. The minimum absolute atomic E-state index is 0.162. The number of amides is 2. The van der Waals surface area contributed by atoms with E-state index in [1.54, 1.807) is 20.8 Å². The third kappa shape index (κ3) is 4.70. The lowest BCUT2D eigenvalue weighted by atomic mass is 9.93. The molecular weight excluding hydrogens is 240 g/mol. The molecule has 2 amide bonds. The molecule has 18 heavy (non-hydrogen) atoms. The van der Waals surface area contributed by atoms with Gasteiger partial charge in [-0.1, -0.05) is 13.8 Å². The van der Waals surface area contributed by atoms with Gasteiger partial charge in [-0.2, -0.15) is 0 Å². The first-order valence-corrected chi connectivity index (χ1v) is 5.86. The summed E-state index contributed by atoms with van der Waals surface area (Å²) in [5, 5.41) is 13.8. The van der Waals surface area contributed by atoms with Gasteiger partial charge in [0.05, 0.1) is 13.2 Å². The van der Waals surface area contributed by atoms with Gasteiger partial charge in [0.1, 0.15) is 5.54 Å². The topological polar surface area (TPSA) is 105 Å². The smallest absolute Gasteiger partial charge is 0.413 e. The highest BCUT2D eigenvalue weighted by molar-refractivity contribution is 5.93. The van der Waals surface area contributed by atoms with Gasteiger partial charge in [0, 0.05) is 0 Å². The summed E-state index contributed by atoms with van der Waals surface area (Å²) in [4.78, 5) is 33.4. The Kier molecular flexibility index (Phi) is 6.96. The van der Waals surface area contributed by atoms with Gasteiger partial charge in [0.2, 0.25) is 5.91 Å². The van der Waals surface area contributed by atoms with E-state index in [0.717, 1.165) is 0 Å². The standard InChI is InChI=1S/C11H20N2O5/c1-4-11(5-2,9(15)16)12-7-8(14)13-10(17)18-6-3/h12H,4-7H2,1-3H3,(H,15,16)(H,13,14,17). The molecule has 0 aliphatic heterocycles. The van der Waals surface area contributed by atoms with Crippen molar-refractivity contribution in [2.75, 3.05) is 13.2 Å². The zero-order valence-corrected chi connectivity index (χ0v) is 10.9. The maximum Gasteiger partial charge on any atom is 0.413 e. The van der Waals surface area contributed by atoms with Crippen LogP contribution in [0.2, 0.25) is 0 Å². The van der Waals surface area contributed by atoms with E-state index in [2.05, 4.69) is 10.1 Å². The highest BCUT2D eigenvalue weighted by Gasteiger charge is 2.34. The largest absolute Gasteiger partial charge is 0.480 e. The van der Waals surface area contributed by atoms with E-state index < -0.39 is 23.5 Å². The van der Waals surface area contributed by atoms with E-state index in [1.807, 2.05) is 5.32 Å². The molecule has 0 bridgehead atoms. The van der Waals surface area contributed by atoms with Gasteiger partial charge in [-0.15, -0.1) is 0 Å². The SMILES string of the molecule is CCOC(=O)NC(=O)CNC(CC)(CC)C(=O)O. The van der Waals surface area contributed by atoms with Gasteiger partial charge >= 0.3 is 12.1 Å². The summed E-state index contributed by atoms with van der Waals surface area (Å²) in [6.45, 7) is 4.95. The molecule has 0 aliphatic rings. The van der Waals surface area contributed by atoms with Crippen LogP contribution in [0, 0.1) is 0 Å². The Labute approximate surface area is 106 Å². The molecule has 0 aliphatic carbocycles. The minimum Gasteiger partial charge on any atom is -0.480 e. The first-order chi connectivity index (χ1) is 8.41. The second kappa shape index (κ2) is 7.65. The molecule has 0 fully saturated rings. The summed E-state index contributed by atoms with van der Waals surface area (Å²) in [6, 6.07) is 0. The van der Waals surface area contributed by atoms with Crippen molar-refractivity contribution < 1.29 is 24.2 Å². The third-order valence-corrected chi connectivity index (χ3v) is 2.72. The van der Waals surface area contributed by atoms with E-state index in [-0.39, 0.29) is 13.2 Å². The molecule has 0 unspecified atom stereocenters. The highest BCUT2D eigenvalue weighted by atomic mass is 16.5. The first kappa shape index (κ1) is 16.4. The lowest BCUT2D eigenvalue weighted by Gasteiger charge is -2.27. The number of hydrogen-bond acceptors (Lipinski definition) is 5. The maximum atomic E-state index is 11.4. The number of imide groups is 1. The Balaban J connectivity index is 4.32. The molecule has 0 aromatic rings. The van der Waals surface area contributed by atoms with Crippen LogP contribution in [0.15, 0.2) is 0 Å². The Morgan fingerprint density at radius 1 is 1.17 bits per heavy atom. The van der Waals surface area contributed by atoms with Crippen molar-refractivity contribution in [1.82, 2.24) is 10.6 Å². The molecule has 0 aromatic heterocycles. The fraction of sp³-hybridized carbons (Fsp3) is 0.727. The van der Waals surface area contributed by atoms with Crippen LogP contribution in [0.4, 0.5) is 4.79 Å².